The van der Waals surface area contributed by atoms with Gasteiger partial charge in [0.15, 0.2) is 5.78 Å². The van der Waals surface area contributed by atoms with Crippen molar-refractivity contribution in [2.24, 2.45) is 0 Å². The molecule has 1 unspecified atom stereocenters. The number of hydrogen-bond donors (Lipinski definition) is 1. The molecule has 16 heavy (non-hydrogen) atoms. The van der Waals surface area contributed by atoms with Gasteiger partial charge in [0.2, 0.25) is 0 Å². The predicted molar refractivity (Wildman–Crippen MR) is 69.5 cm³/mol. The average molecular weight is 252 g/mol. The highest BCUT2D eigenvalue weighted by molar-refractivity contribution is 8.25. The molecule has 0 spiro atoms. The Morgan fingerprint density at radius 1 is 1.44 bits per heavy atom. The minimum Gasteiger partial charge on any atom is -0.379 e. The number of hydrogen-bond acceptors (Lipinski definition) is 4. The summed E-state index contributed by atoms with van der Waals surface area (Å²) in [5.74, 6) is 0.624. The van der Waals surface area contributed by atoms with Crippen molar-refractivity contribution in [3.05, 3.63) is 46.2 Å². The quantitative estimate of drug-likeness (QED) is 0.648. The summed E-state index contributed by atoms with van der Waals surface area (Å²) in [6.45, 7) is 1.76. The number of benzene rings is 1. The van der Waals surface area contributed by atoms with Gasteiger partial charge < -0.3 is 5.11 Å². The van der Waals surface area contributed by atoms with Crippen molar-refractivity contribution in [1.29, 1.82) is 0 Å². The zero-order chi connectivity index (χ0) is 11.6. The molecule has 1 saturated heterocycles. The molecule has 0 saturated carbocycles. The molecular formula is C12H12O2S2. The number of thioether (sulfide) groups is 2. The van der Waals surface area contributed by atoms with Crippen LogP contribution in [0.2, 0.25) is 0 Å². The van der Waals surface area contributed by atoms with E-state index in [9.17, 15) is 9.90 Å². The Morgan fingerprint density at radius 2 is 2.12 bits per heavy atom. The lowest BCUT2D eigenvalue weighted by molar-refractivity contribution is 0.104. The van der Waals surface area contributed by atoms with Crippen LogP contribution in [0.5, 0.6) is 0 Å². The zero-order valence-corrected chi connectivity index (χ0v) is 10.5. The lowest BCUT2D eigenvalue weighted by atomic mass is 10.1. The lowest BCUT2D eigenvalue weighted by Crippen LogP contribution is -2.16. The minimum atomic E-state index is -0.743. The molecule has 0 aromatic heterocycles. The third-order valence-corrected chi connectivity index (χ3v) is 4.91. The summed E-state index contributed by atoms with van der Waals surface area (Å²) in [4.78, 5) is 11.1. The van der Waals surface area contributed by atoms with Crippen molar-refractivity contribution in [2.75, 3.05) is 5.75 Å². The van der Waals surface area contributed by atoms with Crippen LogP contribution in [0.25, 0.3) is 0 Å². The number of ketones is 1. The fourth-order valence-electron chi connectivity index (χ4n) is 1.34. The fraction of sp³-hybridized carbons (Fsp3) is 0.250. The number of carbonyl (C=O) groups is 1. The van der Waals surface area contributed by atoms with Crippen molar-refractivity contribution in [3.63, 3.8) is 0 Å². The maximum Gasteiger partial charge on any atom is 0.187 e. The second kappa shape index (κ2) is 4.65. The molecule has 2 nitrogen and oxygen atoms in total. The normalized spacial score (nSPS) is 27.2. The zero-order valence-electron chi connectivity index (χ0n) is 8.84. The van der Waals surface area contributed by atoms with Crippen LogP contribution in [0.1, 0.15) is 17.3 Å². The van der Waals surface area contributed by atoms with Gasteiger partial charge in [0.25, 0.3) is 0 Å². The summed E-state index contributed by atoms with van der Waals surface area (Å²) in [6, 6.07) is 9.16. The minimum absolute atomic E-state index is 0.00620. The molecule has 1 aliphatic rings. The number of allylic oxidation sites excluding steroid dienone is 1. The highest BCUT2D eigenvalue weighted by atomic mass is 32.2. The Kier molecular flexibility index (Phi) is 3.42. The Balaban J connectivity index is 2.11. The van der Waals surface area contributed by atoms with E-state index in [-0.39, 0.29) is 5.78 Å². The second-order valence-electron chi connectivity index (χ2n) is 3.76. The van der Waals surface area contributed by atoms with Crippen LogP contribution in [0, 0.1) is 0 Å². The predicted octanol–water partition coefficient (Wildman–Crippen LogP) is 2.90. The Morgan fingerprint density at radius 3 is 2.69 bits per heavy atom. The summed E-state index contributed by atoms with van der Waals surface area (Å²) < 4.78 is 0.888. The first-order chi connectivity index (χ1) is 7.57. The van der Waals surface area contributed by atoms with Crippen LogP contribution in [-0.2, 0) is 0 Å². The molecule has 0 bridgehead atoms. The largest absolute Gasteiger partial charge is 0.379 e. The van der Waals surface area contributed by atoms with Gasteiger partial charge in [0, 0.05) is 21.6 Å². The number of rotatable bonds is 2. The van der Waals surface area contributed by atoms with Gasteiger partial charge in [0.05, 0.1) is 0 Å². The third-order valence-electron chi connectivity index (χ3n) is 2.11. The molecule has 1 fully saturated rings. The second-order valence-corrected chi connectivity index (χ2v) is 6.56. The van der Waals surface area contributed by atoms with Crippen molar-refractivity contribution >= 4 is 29.3 Å². The van der Waals surface area contributed by atoms with Crippen molar-refractivity contribution in [3.8, 4) is 0 Å². The van der Waals surface area contributed by atoms with E-state index in [2.05, 4.69) is 0 Å². The van der Waals surface area contributed by atoms with Crippen molar-refractivity contribution in [1.82, 2.24) is 0 Å². The molecule has 1 aromatic rings. The molecule has 1 aliphatic heterocycles. The smallest absolute Gasteiger partial charge is 0.187 e. The molecule has 4 heteroatoms. The van der Waals surface area contributed by atoms with Crippen molar-refractivity contribution < 1.29 is 9.90 Å². The molecular weight excluding hydrogens is 240 g/mol. The summed E-state index contributed by atoms with van der Waals surface area (Å²) in [6.07, 6.45) is 1.60. The summed E-state index contributed by atoms with van der Waals surface area (Å²) in [5.41, 5.74) is 0.683. The molecule has 0 radical (unpaired) electrons. The first-order valence-electron chi connectivity index (χ1n) is 4.92. The molecule has 0 aliphatic carbocycles. The van der Waals surface area contributed by atoms with E-state index in [1.54, 1.807) is 25.1 Å². The molecule has 84 valence electrons. The lowest BCUT2D eigenvalue weighted by Gasteiger charge is -2.10. The Hall–Kier alpha value is -0.710. The summed E-state index contributed by atoms with van der Waals surface area (Å²) in [7, 11) is 0. The Bertz CT molecular complexity index is 424. The average Bonchev–Trinajstić information content (AvgIpc) is 2.59. The van der Waals surface area contributed by atoms with Gasteiger partial charge in [-0.25, -0.2) is 0 Å². The van der Waals surface area contributed by atoms with Crippen LogP contribution in [0.3, 0.4) is 0 Å². The van der Waals surface area contributed by atoms with Gasteiger partial charge in [0.1, 0.15) is 4.93 Å². The van der Waals surface area contributed by atoms with E-state index < -0.39 is 4.93 Å². The van der Waals surface area contributed by atoms with E-state index in [0.717, 1.165) is 4.24 Å². The van der Waals surface area contributed by atoms with Crippen molar-refractivity contribution in [2.45, 2.75) is 11.9 Å². The van der Waals surface area contributed by atoms with E-state index in [1.807, 2.05) is 18.2 Å². The van der Waals surface area contributed by atoms with E-state index in [4.69, 9.17) is 0 Å². The van der Waals surface area contributed by atoms with Gasteiger partial charge >= 0.3 is 0 Å². The van der Waals surface area contributed by atoms with Gasteiger partial charge in [-0.2, -0.15) is 0 Å². The molecule has 2 rings (SSSR count). The van der Waals surface area contributed by atoms with E-state index in [0.29, 0.717) is 11.3 Å². The summed E-state index contributed by atoms with van der Waals surface area (Å²) in [5, 5.41) is 9.74. The summed E-state index contributed by atoms with van der Waals surface area (Å²) >= 11 is 2.88. The molecule has 1 aromatic carbocycles. The van der Waals surface area contributed by atoms with Gasteiger partial charge in [-0.1, -0.05) is 42.1 Å². The van der Waals surface area contributed by atoms with Crippen LogP contribution in [0.15, 0.2) is 40.6 Å². The van der Waals surface area contributed by atoms with Gasteiger partial charge in [-0.05, 0) is 6.92 Å². The first kappa shape index (κ1) is 11.8. The molecule has 1 atom stereocenters. The highest BCUT2D eigenvalue weighted by Gasteiger charge is 2.31. The maximum atomic E-state index is 11.8. The fourth-order valence-corrected chi connectivity index (χ4v) is 3.91. The standard InChI is InChI=1S/C12H12O2S2/c1-12(14)8-15-11(16-12)7-10(13)9-5-3-2-4-6-9/h2-7,14H,8H2,1H3/b11-7+. The van der Waals surface area contributed by atoms with Crippen LogP contribution < -0.4 is 0 Å². The third kappa shape index (κ3) is 2.90. The SMILES string of the molecule is CC1(O)CS/C(=C\C(=O)c2ccccc2)S1. The highest BCUT2D eigenvalue weighted by Crippen LogP contribution is 2.47. The van der Waals surface area contributed by atoms with E-state index >= 15 is 0 Å². The molecule has 0 amide bonds. The van der Waals surface area contributed by atoms with Gasteiger partial charge in [-0.3, -0.25) is 4.79 Å². The number of carbonyl (C=O) groups excluding carboxylic acids is 1. The monoisotopic (exact) mass is 252 g/mol. The molecule has 1 heterocycles. The van der Waals surface area contributed by atoms with Crippen LogP contribution in [-0.4, -0.2) is 21.6 Å². The number of aliphatic hydroxyl groups is 1. The molecule has 1 N–H and O–H groups in total. The van der Waals surface area contributed by atoms with E-state index in [1.165, 1.54) is 23.5 Å². The topological polar surface area (TPSA) is 37.3 Å². The van der Waals surface area contributed by atoms with Gasteiger partial charge in [-0.15, -0.1) is 11.8 Å². The van der Waals surface area contributed by atoms with Crippen LogP contribution in [0.4, 0.5) is 0 Å². The Labute approximate surface area is 103 Å². The first-order valence-corrected chi connectivity index (χ1v) is 6.72. The maximum absolute atomic E-state index is 11.8. The van der Waals surface area contributed by atoms with Crippen LogP contribution >= 0.6 is 23.5 Å².